The highest BCUT2D eigenvalue weighted by molar-refractivity contribution is 5.98. The molecule has 1 aliphatic rings. The normalized spacial score (nSPS) is 16.4. The molecule has 1 unspecified atom stereocenters. The maximum absolute atomic E-state index is 12.2. The van der Waals surface area contributed by atoms with Crippen molar-refractivity contribution in [1.29, 1.82) is 0 Å². The smallest absolute Gasteiger partial charge is 0.344 e. The first kappa shape index (κ1) is 17.6. The zero-order chi connectivity index (χ0) is 16.8. The molecule has 1 atom stereocenters. The van der Waals surface area contributed by atoms with Crippen molar-refractivity contribution in [2.75, 3.05) is 40.4 Å². The van der Waals surface area contributed by atoms with Gasteiger partial charge in [0.05, 0.1) is 14.2 Å². The van der Waals surface area contributed by atoms with Crippen molar-refractivity contribution in [2.45, 2.75) is 26.5 Å². The quantitative estimate of drug-likeness (QED) is 0.555. The molecule has 0 saturated heterocycles. The van der Waals surface area contributed by atoms with Crippen molar-refractivity contribution in [3.8, 4) is 11.5 Å². The molecule has 128 valence electrons. The molecule has 6 heteroatoms. The Labute approximate surface area is 137 Å². The summed E-state index contributed by atoms with van der Waals surface area (Å²) in [6, 6.07) is 3.65. The summed E-state index contributed by atoms with van der Waals surface area (Å²) in [5.41, 5.74) is 1.25. The van der Waals surface area contributed by atoms with Gasteiger partial charge in [-0.3, -0.25) is 5.32 Å². The van der Waals surface area contributed by atoms with Gasteiger partial charge in [0, 0.05) is 12.1 Å². The molecule has 1 N–H and O–H groups in total. The number of hydrogen-bond acceptors (Lipinski definition) is 6. The van der Waals surface area contributed by atoms with Crippen molar-refractivity contribution >= 4 is 5.97 Å². The Morgan fingerprint density at radius 3 is 2.57 bits per heavy atom. The zero-order valence-corrected chi connectivity index (χ0v) is 14.3. The van der Waals surface area contributed by atoms with Crippen LogP contribution in [0.1, 0.15) is 42.4 Å². The maximum Gasteiger partial charge on any atom is 0.344 e. The van der Waals surface area contributed by atoms with Gasteiger partial charge in [0.25, 0.3) is 0 Å². The van der Waals surface area contributed by atoms with Gasteiger partial charge in [0.1, 0.15) is 5.56 Å². The topological polar surface area (TPSA) is 60.0 Å². The second kappa shape index (κ2) is 8.17. The molecule has 0 spiro atoms. The fourth-order valence-electron chi connectivity index (χ4n) is 2.83. The van der Waals surface area contributed by atoms with E-state index in [0.717, 1.165) is 38.2 Å². The van der Waals surface area contributed by atoms with E-state index >= 15 is 0 Å². The van der Waals surface area contributed by atoms with Gasteiger partial charge in [0.2, 0.25) is 0 Å². The lowest BCUT2D eigenvalue weighted by Gasteiger charge is -2.19. The molecule has 1 aromatic rings. The van der Waals surface area contributed by atoms with Crippen molar-refractivity contribution < 1.29 is 19.0 Å². The predicted octanol–water partition coefficient (Wildman–Crippen LogP) is 2.19. The molecule has 0 bridgehead atoms. The molecule has 1 heterocycles. The highest BCUT2D eigenvalue weighted by atomic mass is 16.6. The van der Waals surface area contributed by atoms with Gasteiger partial charge in [0.15, 0.2) is 17.7 Å². The second-order valence-electron chi connectivity index (χ2n) is 5.39. The molecule has 0 amide bonds. The fraction of sp³-hybridized carbons (Fsp3) is 0.588. The third-order valence-electron chi connectivity index (χ3n) is 4.16. The molecular formula is C17H26N2O4. The Balaban J connectivity index is 2.02. The number of nitrogens with zero attached hydrogens (tertiary/aromatic N) is 1. The number of methoxy groups -OCH3 is 2. The van der Waals surface area contributed by atoms with Crippen LogP contribution in [-0.4, -0.2) is 51.3 Å². The van der Waals surface area contributed by atoms with E-state index in [1.165, 1.54) is 7.11 Å². The summed E-state index contributed by atoms with van der Waals surface area (Å²) in [5, 5.41) is 3.29. The summed E-state index contributed by atoms with van der Waals surface area (Å²) < 4.78 is 16.0. The number of carbonyl (C=O) groups is 1. The van der Waals surface area contributed by atoms with E-state index in [1.54, 1.807) is 13.2 Å². The highest BCUT2D eigenvalue weighted by Gasteiger charge is 2.35. The Kier molecular flexibility index (Phi) is 6.24. The average Bonchev–Trinajstić information content (AvgIpc) is 2.90. The largest absolute Gasteiger partial charge is 0.493 e. The van der Waals surface area contributed by atoms with Gasteiger partial charge in [-0.1, -0.05) is 13.8 Å². The van der Waals surface area contributed by atoms with E-state index in [-0.39, 0.29) is 5.97 Å². The standard InChI is InChI=1S/C17H26N2O4/c1-5-19(6-2)11-7-10-18-16-12-8-9-13(21-3)15(22-4)14(12)17(20)23-16/h8-9,16,18H,5-7,10-11H2,1-4H3. The van der Waals surface area contributed by atoms with Gasteiger partial charge in [-0.2, -0.15) is 0 Å². The minimum absolute atomic E-state index is 0.378. The van der Waals surface area contributed by atoms with Gasteiger partial charge in [-0.25, -0.2) is 4.79 Å². The Morgan fingerprint density at radius 2 is 1.96 bits per heavy atom. The van der Waals surface area contributed by atoms with Crippen LogP contribution in [0.25, 0.3) is 0 Å². The number of rotatable bonds is 9. The molecule has 6 nitrogen and oxygen atoms in total. The minimum Gasteiger partial charge on any atom is -0.493 e. The first-order chi connectivity index (χ1) is 11.2. The predicted molar refractivity (Wildman–Crippen MR) is 88.1 cm³/mol. The molecule has 0 saturated carbocycles. The van der Waals surface area contributed by atoms with Crippen LogP contribution in [0.2, 0.25) is 0 Å². The van der Waals surface area contributed by atoms with Crippen molar-refractivity contribution in [2.24, 2.45) is 0 Å². The first-order valence-electron chi connectivity index (χ1n) is 8.07. The van der Waals surface area contributed by atoms with Crippen LogP contribution in [0.5, 0.6) is 11.5 Å². The molecule has 0 aromatic heterocycles. The van der Waals surface area contributed by atoms with Crippen molar-refractivity contribution in [1.82, 2.24) is 10.2 Å². The highest BCUT2D eigenvalue weighted by Crippen LogP contribution is 2.40. The number of fused-ring (bicyclic) bond motifs is 1. The van der Waals surface area contributed by atoms with Gasteiger partial charge in [-0.05, 0) is 38.2 Å². The van der Waals surface area contributed by atoms with E-state index in [0.29, 0.717) is 17.1 Å². The molecule has 0 radical (unpaired) electrons. The average molecular weight is 322 g/mol. The van der Waals surface area contributed by atoms with Crippen molar-refractivity contribution in [3.63, 3.8) is 0 Å². The number of esters is 1. The van der Waals surface area contributed by atoms with Crippen LogP contribution in [0.4, 0.5) is 0 Å². The number of benzene rings is 1. The first-order valence-corrected chi connectivity index (χ1v) is 8.07. The molecular weight excluding hydrogens is 296 g/mol. The monoisotopic (exact) mass is 322 g/mol. The van der Waals surface area contributed by atoms with Gasteiger partial charge in [-0.15, -0.1) is 0 Å². The number of ether oxygens (including phenoxy) is 3. The Bertz CT molecular complexity index is 544. The van der Waals surface area contributed by atoms with E-state index in [4.69, 9.17) is 14.2 Å². The zero-order valence-electron chi connectivity index (χ0n) is 14.3. The number of hydrogen-bond donors (Lipinski definition) is 1. The second-order valence-corrected chi connectivity index (χ2v) is 5.39. The van der Waals surface area contributed by atoms with Gasteiger partial charge < -0.3 is 19.1 Å². The van der Waals surface area contributed by atoms with Gasteiger partial charge >= 0.3 is 5.97 Å². The molecule has 0 aliphatic carbocycles. The Hall–Kier alpha value is -1.79. The number of cyclic esters (lactones) is 1. The molecule has 0 fully saturated rings. The lowest BCUT2D eigenvalue weighted by atomic mass is 10.1. The molecule has 1 aliphatic heterocycles. The van der Waals surface area contributed by atoms with Crippen LogP contribution in [0.3, 0.4) is 0 Å². The third-order valence-corrected chi connectivity index (χ3v) is 4.16. The summed E-state index contributed by atoms with van der Waals surface area (Å²) in [6.07, 6.45) is 0.576. The van der Waals surface area contributed by atoms with Crippen LogP contribution in [0, 0.1) is 0 Å². The summed E-state index contributed by atoms with van der Waals surface area (Å²) in [5.74, 6) is 0.588. The molecule has 2 rings (SSSR count). The van der Waals surface area contributed by atoms with Crippen molar-refractivity contribution in [3.05, 3.63) is 23.3 Å². The molecule has 1 aromatic carbocycles. The van der Waals surface area contributed by atoms with E-state index in [2.05, 4.69) is 24.1 Å². The lowest BCUT2D eigenvalue weighted by Crippen LogP contribution is -2.28. The molecule has 23 heavy (non-hydrogen) atoms. The summed E-state index contributed by atoms with van der Waals surface area (Å²) in [7, 11) is 3.07. The van der Waals surface area contributed by atoms with E-state index in [9.17, 15) is 4.79 Å². The van der Waals surface area contributed by atoms with E-state index in [1.807, 2.05) is 6.07 Å². The summed E-state index contributed by atoms with van der Waals surface area (Å²) >= 11 is 0. The number of carbonyl (C=O) groups excluding carboxylic acids is 1. The van der Waals surface area contributed by atoms with Crippen LogP contribution < -0.4 is 14.8 Å². The fourth-order valence-corrected chi connectivity index (χ4v) is 2.83. The van der Waals surface area contributed by atoms with E-state index < -0.39 is 6.23 Å². The van der Waals surface area contributed by atoms with Crippen LogP contribution in [0.15, 0.2) is 12.1 Å². The summed E-state index contributed by atoms with van der Waals surface area (Å²) in [6.45, 7) is 8.22. The van der Waals surface area contributed by atoms with Crippen LogP contribution in [-0.2, 0) is 4.74 Å². The minimum atomic E-state index is -0.422. The maximum atomic E-state index is 12.2. The summed E-state index contributed by atoms with van der Waals surface area (Å²) in [4.78, 5) is 14.5. The third kappa shape index (κ3) is 3.76. The SMILES string of the molecule is CCN(CC)CCCNC1OC(=O)c2c1ccc(OC)c2OC. The van der Waals surface area contributed by atoms with Crippen LogP contribution >= 0.6 is 0 Å². The number of nitrogens with one attached hydrogen (secondary N) is 1. The Morgan fingerprint density at radius 1 is 1.22 bits per heavy atom. The lowest BCUT2D eigenvalue weighted by molar-refractivity contribution is 0.0306.